The first kappa shape index (κ1) is 17.0. The van der Waals surface area contributed by atoms with Gasteiger partial charge >= 0.3 is 0 Å². The predicted molar refractivity (Wildman–Crippen MR) is 93.4 cm³/mol. The number of nitrogens with zero attached hydrogens (tertiary/aromatic N) is 1. The van der Waals surface area contributed by atoms with Gasteiger partial charge in [-0.05, 0) is 49.4 Å². The van der Waals surface area contributed by atoms with E-state index in [1.165, 1.54) is 6.21 Å². The van der Waals surface area contributed by atoms with Crippen LogP contribution in [-0.2, 0) is 0 Å². The molecule has 0 aliphatic carbocycles. The average Bonchev–Trinajstić information content (AvgIpc) is 2.56. The lowest BCUT2D eigenvalue weighted by molar-refractivity contribution is 0.0955. The molecule has 0 saturated carbocycles. The van der Waals surface area contributed by atoms with Crippen molar-refractivity contribution in [2.75, 3.05) is 13.7 Å². The normalized spacial score (nSPS) is 10.6. The van der Waals surface area contributed by atoms with Gasteiger partial charge in [-0.25, -0.2) is 5.43 Å². The summed E-state index contributed by atoms with van der Waals surface area (Å²) >= 11 is 3.39. The van der Waals surface area contributed by atoms with E-state index < -0.39 is 0 Å². The van der Waals surface area contributed by atoms with Gasteiger partial charge in [-0.2, -0.15) is 5.10 Å². The summed E-state index contributed by atoms with van der Waals surface area (Å²) < 4.78 is 11.5. The van der Waals surface area contributed by atoms with E-state index in [9.17, 15) is 4.79 Å². The Kier molecular flexibility index (Phi) is 6.17. The number of amides is 1. The Labute approximate surface area is 143 Å². The third-order valence-electron chi connectivity index (χ3n) is 2.99. The number of carbonyl (C=O) groups excluding carboxylic acids is 1. The van der Waals surface area contributed by atoms with E-state index in [1.54, 1.807) is 31.4 Å². The van der Waals surface area contributed by atoms with Gasteiger partial charge in [0.15, 0.2) is 0 Å². The van der Waals surface area contributed by atoms with Crippen molar-refractivity contribution in [3.63, 3.8) is 0 Å². The van der Waals surface area contributed by atoms with Crippen molar-refractivity contribution in [2.45, 2.75) is 6.92 Å². The third kappa shape index (κ3) is 4.82. The van der Waals surface area contributed by atoms with Crippen molar-refractivity contribution in [1.82, 2.24) is 5.43 Å². The second-order valence-electron chi connectivity index (χ2n) is 4.54. The highest BCUT2D eigenvalue weighted by Gasteiger charge is 2.05. The summed E-state index contributed by atoms with van der Waals surface area (Å²) in [6.45, 7) is 2.50. The standard InChI is InChI=1S/C17H17BrN2O3/c1-3-23-15-7-4-12(5-8-15)17(21)20-19-11-13-10-14(18)6-9-16(13)22-2/h4-11H,3H2,1-2H3,(H,20,21). The summed E-state index contributed by atoms with van der Waals surface area (Å²) in [5.41, 5.74) is 3.75. The predicted octanol–water partition coefficient (Wildman–Crippen LogP) is 3.62. The molecule has 0 saturated heterocycles. The molecule has 23 heavy (non-hydrogen) atoms. The number of hydrazone groups is 1. The third-order valence-corrected chi connectivity index (χ3v) is 3.48. The molecule has 1 amide bonds. The fourth-order valence-corrected chi connectivity index (χ4v) is 2.28. The Morgan fingerprint density at radius 1 is 1.26 bits per heavy atom. The highest BCUT2D eigenvalue weighted by molar-refractivity contribution is 9.10. The van der Waals surface area contributed by atoms with Crippen LogP contribution in [0.15, 0.2) is 52.0 Å². The van der Waals surface area contributed by atoms with Gasteiger partial charge in [0.1, 0.15) is 11.5 Å². The topological polar surface area (TPSA) is 59.9 Å². The van der Waals surface area contributed by atoms with E-state index in [1.807, 2.05) is 25.1 Å². The van der Waals surface area contributed by atoms with Crippen molar-refractivity contribution in [3.8, 4) is 11.5 Å². The SMILES string of the molecule is CCOc1ccc(C(=O)NN=Cc2cc(Br)ccc2OC)cc1. The maximum atomic E-state index is 12.0. The Bertz CT molecular complexity index is 699. The quantitative estimate of drug-likeness (QED) is 0.618. The van der Waals surface area contributed by atoms with E-state index in [4.69, 9.17) is 9.47 Å². The molecular weight excluding hydrogens is 360 g/mol. The number of ether oxygens (including phenoxy) is 2. The second kappa shape index (κ2) is 8.33. The fraction of sp³-hybridized carbons (Fsp3) is 0.176. The summed E-state index contributed by atoms with van der Waals surface area (Å²) in [7, 11) is 1.58. The molecule has 0 unspecified atom stereocenters. The van der Waals surface area contributed by atoms with E-state index in [-0.39, 0.29) is 5.91 Å². The first-order valence-electron chi connectivity index (χ1n) is 7.04. The summed E-state index contributed by atoms with van der Waals surface area (Å²) in [6, 6.07) is 12.4. The second-order valence-corrected chi connectivity index (χ2v) is 5.46. The molecule has 0 fully saturated rings. The van der Waals surface area contributed by atoms with Crippen molar-refractivity contribution in [3.05, 3.63) is 58.1 Å². The number of hydrogen-bond donors (Lipinski definition) is 1. The molecule has 2 aromatic carbocycles. The minimum atomic E-state index is -0.293. The van der Waals surface area contributed by atoms with Gasteiger partial charge in [-0.15, -0.1) is 0 Å². The summed E-state index contributed by atoms with van der Waals surface area (Å²) in [5.74, 6) is 1.11. The number of carbonyl (C=O) groups is 1. The molecule has 0 radical (unpaired) electrons. The summed E-state index contributed by atoms with van der Waals surface area (Å²) in [5, 5.41) is 3.97. The van der Waals surface area contributed by atoms with Crippen LogP contribution in [0.4, 0.5) is 0 Å². The number of rotatable bonds is 6. The van der Waals surface area contributed by atoms with Crippen molar-refractivity contribution in [1.29, 1.82) is 0 Å². The first-order chi connectivity index (χ1) is 11.1. The molecule has 5 nitrogen and oxygen atoms in total. The molecule has 0 atom stereocenters. The maximum absolute atomic E-state index is 12.0. The Hall–Kier alpha value is -2.34. The van der Waals surface area contributed by atoms with Crippen LogP contribution in [0.1, 0.15) is 22.8 Å². The molecule has 0 spiro atoms. The van der Waals surface area contributed by atoms with Gasteiger partial charge in [0, 0.05) is 15.6 Å². The number of nitrogens with one attached hydrogen (secondary N) is 1. The Balaban J connectivity index is 2.02. The molecule has 0 aromatic heterocycles. The molecule has 0 aliphatic heterocycles. The van der Waals surface area contributed by atoms with Gasteiger partial charge in [0.25, 0.3) is 5.91 Å². The van der Waals surface area contributed by atoms with E-state index in [2.05, 4.69) is 26.5 Å². The molecule has 2 aromatic rings. The van der Waals surface area contributed by atoms with Crippen LogP contribution < -0.4 is 14.9 Å². The van der Waals surface area contributed by atoms with E-state index in [0.29, 0.717) is 17.9 Å². The molecule has 0 bridgehead atoms. The molecule has 6 heteroatoms. The number of methoxy groups -OCH3 is 1. The molecule has 0 heterocycles. The van der Waals surface area contributed by atoms with Crippen LogP contribution in [-0.4, -0.2) is 25.8 Å². The zero-order valence-corrected chi connectivity index (χ0v) is 14.5. The van der Waals surface area contributed by atoms with Crippen LogP contribution in [0.2, 0.25) is 0 Å². The highest BCUT2D eigenvalue weighted by Crippen LogP contribution is 2.21. The zero-order valence-electron chi connectivity index (χ0n) is 12.9. The summed E-state index contributed by atoms with van der Waals surface area (Å²) in [4.78, 5) is 12.0. The molecule has 0 aliphatic rings. The van der Waals surface area contributed by atoms with Gasteiger partial charge in [-0.1, -0.05) is 15.9 Å². The number of benzene rings is 2. The molecule has 120 valence electrons. The van der Waals surface area contributed by atoms with E-state index >= 15 is 0 Å². The van der Waals surface area contributed by atoms with Crippen molar-refractivity contribution < 1.29 is 14.3 Å². The van der Waals surface area contributed by atoms with Crippen LogP contribution in [0, 0.1) is 0 Å². The van der Waals surface area contributed by atoms with Crippen LogP contribution in [0.5, 0.6) is 11.5 Å². The van der Waals surface area contributed by atoms with Crippen LogP contribution >= 0.6 is 15.9 Å². The minimum absolute atomic E-state index is 0.293. The smallest absolute Gasteiger partial charge is 0.271 e. The number of halogens is 1. The minimum Gasteiger partial charge on any atom is -0.496 e. The molecule has 2 rings (SSSR count). The maximum Gasteiger partial charge on any atom is 0.271 e. The van der Waals surface area contributed by atoms with Gasteiger partial charge in [-0.3, -0.25) is 4.79 Å². The van der Waals surface area contributed by atoms with Gasteiger partial charge in [0.05, 0.1) is 19.9 Å². The fourth-order valence-electron chi connectivity index (χ4n) is 1.90. The van der Waals surface area contributed by atoms with Crippen molar-refractivity contribution in [2.24, 2.45) is 5.10 Å². The Morgan fingerprint density at radius 2 is 2.00 bits per heavy atom. The summed E-state index contributed by atoms with van der Waals surface area (Å²) in [6.07, 6.45) is 1.54. The number of hydrogen-bond acceptors (Lipinski definition) is 4. The average molecular weight is 377 g/mol. The highest BCUT2D eigenvalue weighted by atomic mass is 79.9. The molecular formula is C17H17BrN2O3. The lowest BCUT2D eigenvalue weighted by Crippen LogP contribution is -2.17. The van der Waals surface area contributed by atoms with Crippen LogP contribution in [0.25, 0.3) is 0 Å². The lowest BCUT2D eigenvalue weighted by atomic mass is 10.2. The zero-order chi connectivity index (χ0) is 16.7. The molecule has 1 N–H and O–H groups in total. The monoisotopic (exact) mass is 376 g/mol. The van der Waals surface area contributed by atoms with Gasteiger partial charge < -0.3 is 9.47 Å². The van der Waals surface area contributed by atoms with Crippen molar-refractivity contribution >= 4 is 28.1 Å². The van der Waals surface area contributed by atoms with E-state index in [0.717, 1.165) is 15.8 Å². The Morgan fingerprint density at radius 3 is 2.65 bits per heavy atom. The largest absolute Gasteiger partial charge is 0.496 e. The first-order valence-corrected chi connectivity index (χ1v) is 7.83. The van der Waals surface area contributed by atoms with Gasteiger partial charge in [0.2, 0.25) is 0 Å². The lowest BCUT2D eigenvalue weighted by Gasteiger charge is -2.05. The van der Waals surface area contributed by atoms with Crippen LogP contribution in [0.3, 0.4) is 0 Å².